The van der Waals surface area contributed by atoms with Gasteiger partial charge in [0.2, 0.25) is 11.8 Å². The fourth-order valence-electron chi connectivity index (χ4n) is 3.83. The van der Waals surface area contributed by atoms with Crippen molar-refractivity contribution >= 4 is 39.1 Å². The van der Waals surface area contributed by atoms with Gasteiger partial charge in [-0.15, -0.1) is 0 Å². The van der Waals surface area contributed by atoms with Gasteiger partial charge in [0.15, 0.2) is 0 Å². The van der Waals surface area contributed by atoms with E-state index in [1.165, 1.54) is 30.2 Å². The monoisotopic (exact) mass is 575 g/mol. The van der Waals surface area contributed by atoms with E-state index >= 15 is 0 Å². The Hall–Kier alpha value is -3.63. The summed E-state index contributed by atoms with van der Waals surface area (Å²) in [5, 5.41) is 2.48. The molecule has 3 aromatic rings. The van der Waals surface area contributed by atoms with Gasteiger partial charge in [-0.05, 0) is 61.4 Å². The van der Waals surface area contributed by atoms with E-state index in [0.717, 1.165) is 16.4 Å². The summed E-state index contributed by atoms with van der Waals surface area (Å²) in [6, 6.07) is 17.1. The summed E-state index contributed by atoms with van der Waals surface area (Å²) < 4.78 is 47.5. The number of carbonyl (C=O) groups excluding carboxylic acids is 2. The van der Waals surface area contributed by atoms with Crippen LogP contribution in [0.25, 0.3) is 0 Å². The molecular weight excluding hydrogens is 545 g/mol. The van der Waals surface area contributed by atoms with E-state index < -0.39 is 34.3 Å². The lowest BCUT2D eigenvalue weighted by molar-refractivity contribution is -0.139. The van der Waals surface area contributed by atoms with Crippen molar-refractivity contribution in [1.29, 1.82) is 0 Å². The molecule has 208 valence electrons. The fraction of sp³-hybridized carbons (Fsp3) is 0.286. The molecular formula is C28H31ClFN3O5S. The number of sulfonamides is 1. The zero-order valence-corrected chi connectivity index (χ0v) is 23.5. The molecule has 1 unspecified atom stereocenters. The molecule has 11 heteroatoms. The minimum absolute atomic E-state index is 0.00280. The van der Waals surface area contributed by atoms with E-state index in [1.54, 1.807) is 49.4 Å². The third-order valence-corrected chi connectivity index (χ3v) is 8.08. The van der Waals surface area contributed by atoms with Crippen LogP contribution >= 0.6 is 11.6 Å². The Bertz CT molecular complexity index is 1410. The number of hydrogen-bond acceptors (Lipinski definition) is 5. The first-order valence-electron chi connectivity index (χ1n) is 12.3. The van der Waals surface area contributed by atoms with Gasteiger partial charge >= 0.3 is 0 Å². The zero-order chi connectivity index (χ0) is 28.6. The minimum Gasteiger partial charge on any atom is -0.497 e. The average molecular weight is 576 g/mol. The summed E-state index contributed by atoms with van der Waals surface area (Å²) in [5.41, 5.74) is 0.683. The van der Waals surface area contributed by atoms with Crippen LogP contribution < -0.4 is 14.4 Å². The number of ether oxygens (including phenoxy) is 1. The number of rotatable bonds is 12. The van der Waals surface area contributed by atoms with Gasteiger partial charge in [0, 0.05) is 13.1 Å². The van der Waals surface area contributed by atoms with Crippen LogP contribution in [-0.2, 0) is 26.2 Å². The van der Waals surface area contributed by atoms with Crippen molar-refractivity contribution in [2.24, 2.45) is 0 Å². The summed E-state index contributed by atoms with van der Waals surface area (Å²) in [7, 11) is -2.75. The van der Waals surface area contributed by atoms with Crippen molar-refractivity contribution in [3.63, 3.8) is 0 Å². The van der Waals surface area contributed by atoms with Gasteiger partial charge in [-0.25, -0.2) is 12.8 Å². The van der Waals surface area contributed by atoms with Gasteiger partial charge in [-0.1, -0.05) is 48.9 Å². The molecule has 0 aliphatic carbocycles. The zero-order valence-electron chi connectivity index (χ0n) is 21.9. The summed E-state index contributed by atoms with van der Waals surface area (Å²) in [4.78, 5) is 28.0. The number of nitrogens with zero attached hydrogens (tertiary/aromatic N) is 2. The lowest BCUT2D eigenvalue weighted by Gasteiger charge is -2.32. The molecule has 0 aliphatic heterocycles. The van der Waals surface area contributed by atoms with Crippen LogP contribution in [0.1, 0.15) is 25.8 Å². The molecule has 0 saturated carbocycles. The predicted molar refractivity (Wildman–Crippen MR) is 149 cm³/mol. The van der Waals surface area contributed by atoms with E-state index in [1.807, 2.05) is 6.92 Å². The van der Waals surface area contributed by atoms with Crippen molar-refractivity contribution < 1.29 is 27.1 Å². The van der Waals surface area contributed by atoms with Crippen molar-refractivity contribution in [3.05, 3.63) is 89.2 Å². The molecule has 3 rings (SSSR count). The van der Waals surface area contributed by atoms with Crippen molar-refractivity contribution in [2.75, 3.05) is 24.5 Å². The maximum atomic E-state index is 13.9. The van der Waals surface area contributed by atoms with E-state index in [9.17, 15) is 22.4 Å². The van der Waals surface area contributed by atoms with Crippen molar-refractivity contribution in [2.45, 2.75) is 37.8 Å². The maximum absolute atomic E-state index is 13.9. The Morgan fingerprint density at radius 3 is 2.41 bits per heavy atom. The third-order valence-electron chi connectivity index (χ3n) is 6.00. The van der Waals surface area contributed by atoms with Gasteiger partial charge in [0.25, 0.3) is 10.0 Å². The van der Waals surface area contributed by atoms with Gasteiger partial charge in [-0.2, -0.15) is 0 Å². The third kappa shape index (κ3) is 7.48. The van der Waals surface area contributed by atoms with E-state index in [2.05, 4.69) is 5.32 Å². The highest BCUT2D eigenvalue weighted by Gasteiger charge is 2.32. The highest BCUT2D eigenvalue weighted by Crippen LogP contribution is 2.28. The normalized spacial score (nSPS) is 11.9. The SMILES string of the molecule is CCCNC(=O)C(C)N(Cc1cccc(OC)c1)C(=O)CN(c1ccc(F)c(Cl)c1)S(=O)(=O)c1ccccc1. The van der Waals surface area contributed by atoms with Crippen LogP contribution in [0.5, 0.6) is 5.75 Å². The van der Waals surface area contributed by atoms with E-state index in [0.29, 0.717) is 24.3 Å². The second-order valence-electron chi connectivity index (χ2n) is 8.76. The molecule has 8 nitrogen and oxygen atoms in total. The predicted octanol–water partition coefficient (Wildman–Crippen LogP) is 4.63. The van der Waals surface area contributed by atoms with Crippen LogP contribution in [0.2, 0.25) is 5.02 Å². The van der Waals surface area contributed by atoms with Crippen LogP contribution in [0, 0.1) is 5.82 Å². The molecule has 39 heavy (non-hydrogen) atoms. The smallest absolute Gasteiger partial charge is 0.264 e. The van der Waals surface area contributed by atoms with Gasteiger partial charge in [-0.3, -0.25) is 13.9 Å². The molecule has 0 bridgehead atoms. The molecule has 2 amide bonds. The topological polar surface area (TPSA) is 96.0 Å². The van der Waals surface area contributed by atoms with Crippen molar-refractivity contribution in [1.82, 2.24) is 10.2 Å². The lowest BCUT2D eigenvalue weighted by atomic mass is 10.1. The summed E-state index contributed by atoms with van der Waals surface area (Å²) in [6.45, 7) is 3.26. The molecule has 0 radical (unpaired) electrons. The van der Waals surface area contributed by atoms with Gasteiger partial charge in [0.1, 0.15) is 24.2 Å². The minimum atomic E-state index is -4.27. The van der Waals surface area contributed by atoms with Crippen LogP contribution in [0.15, 0.2) is 77.7 Å². The number of nitrogens with one attached hydrogen (secondary N) is 1. The average Bonchev–Trinajstić information content (AvgIpc) is 2.94. The van der Waals surface area contributed by atoms with Gasteiger partial charge < -0.3 is 15.0 Å². The Labute approximate surface area is 233 Å². The Morgan fingerprint density at radius 1 is 1.05 bits per heavy atom. The molecule has 0 heterocycles. The Kier molecular flexibility index (Phi) is 10.3. The summed E-state index contributed by atoms with van der Waals surface area (Å²) in [5.74, 6) is -1.19. The molecule has 0 aliphatic rings. The highest BCUT2D eigenvalue weighted by atomic mass is 35.5. The number of amides is 2. The van der Waals surface area contributed by atoms with Crippen LogP contribution in [0.4, 0.5) is 10.1 Å². The summed E-state index contributed by atoms with van der Waals surface area (Å²) >= 11 is 5.97. The number of benzene rings is 3. The second-order valence-corrected chi connectivity index (χ2v) is 11.0. The first-order chi connectivity index (χ1) is 18.6. The Morgan fingerprint density at radius 2 is 1.77 bits per heavy atom. The van der Waals surface area contributed by atoms with Crippen LogP contribution in [0.3, 0.4) is 0 Å². The largest absolute Gasteiger partial charge is 0.497 e. The maximum Gasteiger partial charge on any atom is 0.264 e. The number of hydrogen-bond donors (Lipinski definition) is 1. The quantitative estimate of drug-likeness (QED) is 0.340. The van der Waals surface area contributed by atoms with E-state index in [4.69, 9.17) is 16.3 Å². The molecule has 1 N–H and O–H groups in total. The number of methoxy groups -OCH3 is 1. The molecule has 0 aromatic heterocycles. The van der Waals surface area contributed by atoms with E-state index in [-0.39, 0.29) is 28.1 Å². The molecule has 1 atom stereocenters. The van der Waals surface area contributed by atoms with Gasteiger partial charge in [0.05, 0.1) is 22.7 Å². The number of halogens is 2. The van der Waals surface area contributed by atoms with Crippen LogP contribution in [-0.4, -0.2) is 51.4 Å². The number of carbonyl (C=O) groups is 2. The van der Waals surface area contributed by atoms with Crippen molar-refractivity contribution in [3.8, 4) is 5.75 Å². The molecule has 0 spiro atoms. The first-order valence-corrected chi connectivity index (χ1v) is 14.1. The molecule has 0 fully saturated rings. The Balaban J connectivity index is 2.04. The molecule has 0 saturated heterocycles. The molecule has 3 aromatic carbocycles. The highest BCUT2D eigenvalue weighted by molar-refractivity contribution is 7.92. The lowest BCUT2D eigenvalue weighted by Crippen LogP contribution is -2.51. The standard InChI is InChI=1S/C28H31ClFN3O5S/c1-4-15-31-28(35)20(2)32(18-21-9-8-10-23(16-21)38-3)27(34)19-33(22-13-14-26(30)25(29)17-22)39(36,37)24-11-6-5-7-12-24/h5-14,16-17,20H,4,15,18-19H2,1-3H3,(H,31,35). The first kappa shape index (κ1) is 29.9. The number of anilines is 1. The summed E-state index contributed by atoms with van der Waals surface area (Å²) in [6.07, 6.45) is 0.705. The fourth-order valence-corrected chi connectivity index (χ4v) is 5.44. The second kappa shape index (κ2) is 13.4.